The molecule has 3 saturated heterocycles. The lowest BCUT2D eigenvalue weighted by Crippen LogP contribution is -2.48. The summed E-state index contributed by atoms with van der Waals surface area (Å²) in [4.78, 5) is 29.7. The highest BCUT2D eigenvalue weighted by atomic mass is 32.2. The Bertz CT molecular complexity index is 927. The van der Waals surface area contributed by atoms with E-state index in [1.54, 1.807) is 11.8 Å². The number of hydrogen-bond acceptors (Lipinski definition) is 4. The zero-order valence-electron chi connectivity index (χ0n) is 17.0. The zero-order chi connectivity index (χ0) is 20.6. The minimum atomic E-state index is -0.438. The van der Waals surface area contributed by atoms with Crippen molar-refractivity contribution < 1.29 is 9.59 Å². The molecule has 0 aromatic heterocycles. The first-order valence-electron chi connectivity index (χ1n) is 10.8. The maximum atomic E-state index is 13.1. The van der Waals surface area contributed by atoms with Gasteiger partial charge >= 0.3 is 0 Å². The Labute approximate surface area is 181 Å². The summed E-state index contributed by atoms with van der Waals surface area (Å²) in [5.74, 6) is 0.601. The molecule has 5 nitrogen and oxygen atoms in total. The van der Waals surface area contributed by atoms with Crippen LogP contribution in [0.1, 0.15) is 37.7 Å². The lowest BCUT2D eigenvalue weighted by Gasteiger charge is -2.34. The summed E-state index contributed by atoms with van der Waals surface area (Å²) >= 11 is 1.72. The van der Waals surface area contributed by atoms with E-state index in [2.05, 4.69) is 34.5 Å². The van der Waals surface area contributed by atoms with Crippen LogP contribution in [-0.2, 0) is 14.5 Å². The standard InChI is InChI=1S/C24H27N3O2S/c28-22-13-14-24(18-7-3-1-4-8-18)27(22)21(17-30-24)23(29)25-19-9-11-20(12-10-19)26-15-5-2-6-16-26/h1,3-4,7-12,21H,2,5-6,13-17H2,(H,25,29). The predicted molar refractivity (Wildman–Crippen MR) is 122 cm³/mol. The smallest absolute Gasteiger partial charge is 0.248 e. The predicted octanol–water partition coefficient (Wildman–Crippen LogP) is 4.21. The molecular weight excluding hydrogens is 394 g/mol. The largest absolute Gasteiger partial charge is 0.372 e. The van der Waals surface area contributed by atoms with Gasteiger partial charge in [0, 0.05) is 36.6 Å². The fraction of sp³-hybridized carbons (Fsp3) is 0.417. The number of fused-ring (bicyclic) bond motifs is 1. The molecule has 2 aromatic carbocycles. The monoisotopic (exact) mass is 421 g/mol. The number of benzene rings is 2. The average molecular weight is 422 g/mol. The molecular formula is C24H27N3O2S. The van der Waals surface area contributed by atoms with Gasteiger partial charge in [0.2, 0.25) is 11.8 Å². The normalized spacial score (nSPS) is 26.0. The molecule has 1 N–H and O–H groups in total. The van der Waals surface area contributed by atoms with Crippen LogP contribution in [0.15, 0.2) is 54.6 Å². The Morgan fingerprint density at radius 3 is 2.47 bits per heavy atom. The lowest BCUT2D eigenvalue weighted by atomic mass is 10.0. The highest BCUT2D eigenvalue weighted by Crippen LogP contribution is 2.54. The third-order valence-corrected chi connectivity index (χ3v) is 8.11. The van der Waals surface area contributed by atoms with E-state index in [0.717, 1.165) is 30.8 Å². The third-order valence-electron chi connectivity index (χ3n) is 6.51. The fourth-order valence-corrected chi connectivity index (χ4v) is 6.62. The highest BCUT2D eigenvalue weighted by Gasteiger charge is 2.56. The molecule has 0 bridgehead atoms. The molecule has 30 heavy (non-hydrogen) atoms. The first kappa shape index (κ1) is 19.5. The van der Waals surface area contributed by atoms with E-state index >= 15 is 0 Å². The second-order valence-electron chi connectivity index (χ2n) is 8.32. The maximum absolute atomic E-state index is 13.1. The van der Waals surface area contributed by atoms with Gasteiger partial charge in [-0.25, -0.2) is 0 Å². The Hall–Kier alpha value is -2.47. The van der Waals surface area contributed by atoms with Crippen LogP contribution in [-0.4, -0.2) is 41.6 Å². The molecule has 0 aliphatic carbocycles. The van der Waals surface area contributed by atoms with Gasteiger partial charge in [-0.3, -0.25) is 9.59 Å². The number of rotatable bonds is 4. The highest BCUT2D eigenvalue weighted by molar-refractivity contribution is 8.00. The number of carbonyl (C=O) groups is 2. The molecule has 156 valence electrons. The van der Waals surface area contributed by atoms with Crippen LogP contribution in [0, 0.1) is 0 Å². The molecule has 2 unspecified atom stereocenters. The molecule has 0 radical (unpaired) electrons. The Morgan fingerprint density at radius 1 is 1.00 bits per heavy atom. The van der Waals surface area contributed by atoms with Gasteiger partial charge in [0.05, 0.1) is 0 Å². The summed E-state index contributed by atoms with van der Waals surface area (Å²) in [7, 11) is 0. The summed E-state index contributed by atoms with van der Waals surface area (Å²) in [6.07, 6.45) is 5.05. The minimum absolute atomic E-state index is 0.0736. The first-order chi connectivity index (χ1) is 14.7. The maximum Gasteiger partial charge on any atom is 0.248 e. The van der Waals surface area contributed by atoms with Gasteiger partial charge < -0.3 is 15.1 Å². The number of thioether (sulfide) groups is 1. The van der Waals surface area contributed by atoms with Crippen LogP contribution >= 0.6 is 11.8 Å². The van der Waals surface area contributed by atoms with Crippen molar-refractivity contribution in [3.63, 3.8) is 0 Å². The summed E-state index contributed by atoms with van der Waals surface area (Å²) in [6.45, 7) is 2.20. The summed E-state index contributed by atoms with van der Waals surface area (Å²) < 4.78 is 0. The van der Waals surface area contributed by atoms with Gasteiger partial charge in [-0.15, -0.1) is 11.8 Å². The van der Waals surface area contributed by atoms with Crippen molar-refractivity contribution in [1.82, 2.24) is 4.90 Å². The van der Waals surface area contributed by atoms with Crippen molar-refractivity contribution in [3.8, 4) is 0 Å². The Kier molecular flexibility index (Phi) is 5.19. The third kappa shape index (κ3) is 3.37. The van der Waals surface area contributed by atoms with E-state index in [9.17, 15) is 9.59 Å². The molecule has 0 spiro atoms. The lowest BCUT2D eigenvalue weighted by molar-refractivity contribution is -0.136. The van der Waals surface area contributed by atoms with E-state index in [4.69, 9.17) is 0 Å². The van der Waals surface area contributed by atoms with Crippen LogP contribution in [0.2, 0.25) is 0 Å². The van der Waals surface area contributed by atoms with Gasteiger partial charge in [-0.05, 0) is 55.5 Å². The minimum Gasteiger partial charge on any atom is -0.372 e. The fourth-order valence-electron chi connectivity index (χ4n) is 4.97. The van der Waals surface area contributed by atoms with E-state index in [1.165, 1.54) is 24.9 Å². The van der Waals surface area contributed by atoms with Crippen molar-refractivity contribution in [2.24, 2.45) is 0 Å². The number of amides is 2. The van der Waals surface area contributed by atoms with Crippen LogP contribution in [0.5, 0.6) is 0 Å². The molecule has 2 aromatic rings. The van der Waals surface area contributed by atoms with Crippen LogP contribution in [0.4, 0.5) is 11.4 Å². The molecule has 3 aliphatic rings. The number of nitrogens with one attached hydrogen (secondary N) is 1. The molecule has 5 rings (SSSR count). The number of carbonyl (C=O) groups excluding carboxylic acids is 2. The van der Waals surface area contributed by atoms with E-state index in [0.29, 0.717) is 12.2 Å². The summed E-state index contributed by atoms with van der Waals surface area (Å²) in [5, 5.41) is 3.05. The van der Waals surface area contributed by atoms with E-state index in [-0.39, 0.29) is 11.8 Å². The molecule has 2 atom stereocenters. The van der Waals surface area contributed by atoms with Crippen molar-refractivity contribution in [1.29, 1.82) is 0 Å². The zero-order valence-corrected chi connectivity index (χ0v) is 17.9. The first-order valence-corrected chi connectivity index (χ1v) is 11.8. The number of hydrogen-bond donors (Lipinski definition) is 1. The van der Waals surface area contributed by atoms with Crippen LogP contribution < -0.4 is 10.2 Å². The van der Waals surface area contributed by atoms with Gasteiger partial charge in [0.1, 0.15) is 10.9 Å². The molecule has 3 aliphatic heterocycles. The van der Waals surface area contributed by atoms with E-state index in [1.807, 2.05) is 35.2 Å². The second kappa shape index (κ2) is 7.99. The number of nitrogens with zero attached hydrogens (tertiary/aromatic N) is 2. The SMILES string of the molecule is O=C(Nc1ccc(N2CCCCC2)cc1)C1CSC2(c3ccccc3)CCC(=O)N12. The molecule has 3 fully saturated rings. The molecule has 6 heteroatoms. The summed E-state index contributed by atoms with van der Waals surface area (Å²) in [5.41, 5.74) is 3.11. The van der Waals surface area contributed by atoms with Crippen LogP contribution in [0.25, 0.3) is 0 Å². The van der Waals surface area contributed by atoms with Gasteiger partial charge in [0.25, 0.3) is 0 Å². The van der Waals surface area contributed by atoms with Gasteiger partial charge in [0.15, 0.2) is 0 Å². The van der Waals surface area contributed by atoms with Gasteiger partial charge in [-0.1, -0.05) is 30.3 Å². The Morgan fingerprint density at radius 2 is 1.73 bits per heavy atom. The number of anilines is 2. The van der Waals surface area contributed by atoms with Crippen molar-refractivity contribution in [2.45, 2.75) is 43.0 Å². The average Bonchev–Trinajstić information content (AvgIpc) is 3.35. The van der Waals surface area contributed by atoms with Gasteiger partial charge in [-0.2, -0.15) is 0 Å². The van der Waals surface area contributed by atoms with Crippen molar-refractivity contribution >= 4 is 35.0 Å². The molecule has 3 heterocycles. The number of piperidine rings is 1. The van der Waals surface area contributed by atoms with Crippen molar-refractivity contribution in [3.05, 3.63) is 60.2 Å². The summed E-state index contributed by atoms with van der Waals surface area (Å²) in [6, 6.07) is 17.8. The molecule has 0 saturated carbocycles. The van der Waals surface area contributed by atoms with E-state index < -0.39 is 10.9 Å². The molecule has 2 amide bonds. The Balaban J connectivity index is 1.31. The topological polar surface area (TPSA) is 52.7 Å². The van der Waals surface area contributed by atoms with Crippen LogP contribution in [0.3, 0.4) is 0 Å². The second-order valence-corrected chi connectivity index (χ2v) is 9.62. The van der Waals surface area contributed by atoms with Crippen molar-refractivity contribution in [2.75, 3.05) is 29.1 Å². The quantitative estimate of drug-likeness (QED) is 0.804.